The summed E-state index contributed by atoms with van der Waals surface area (Å²) in [5.74, 6) is -0.149. The summed E-state index contributed by atoms with van der Waals surface area (Å²) in [6, 6.07) is 1.75. The van der Waals surface area contributed by atoms with Gasteiger partial charge in [-0.15, -0.1) is 0 Å². The van der Waals surface area contributed by atoms with E-state index in [1.165, 1.54) is 0 Å². The highest BCUT2D eigenvalue weighted by Crippen LogP contribution is 2.54. The van der Waals surface area contributed by atoms with Crippen LogP contribution in [0.15, 0.2) is 0 Å². The molecule has 0 aromatic heterocycles. The van der Waals surface area contributed by atoms with Gasteiger partial charge >= 0.3 is 0 Å². The van der Waals surface area contributed by atoms with E-state index < -0.39 is 8.32 Å². The van der Waals surface area contributed by atoms with Crippen molar-refractivity contribution in [3.05, 3.63) is 0 Å². The zero-order chi connectivity index (χ0) is 19.4. The molecule has 0 aliphatic heterocycles. The lowest BCUT2D eigenvalue weighted by molar-refractivity contribution is -0.139. The lowest BCUT2D eigenvalue weighted by Gasteiger charge is -2.50. The van der Waals surface area contributed by atoms with E-state index in [0.29, 0.717) is 9.76 Å². The molecule has 3 nitrogen and oxygen atoms in total. The average molecular weight is 373 g/mol. The van der Waals surface area contributed by atoms with Crippen molar-refractivity contribution in [3.8, 4) is 0 Å². The first-order valence-corrected chi connectivity index (χ1v) is 12.4. The van der Waals surface area contributed by atoms with Crippen LogP contribution in [0.4, 0.5) is 0 Å². The van der Waals surface area contributed by atoms with Crippen LogP contribution in [0.25, 0.3) is 0 Å². The zero-order valence-electron chi connectivity index (χ0n) is 17.9. The summed E-state index contributed by atoms with van der Waals surface area (Å²) in [6.07, 6.45) is 1.05. The van der Waals surface area contributed by atoms with Crippen molar-refractivity contribution >= 4 is 24.0 Å². The lowest BCUT2D eigenvalue weighted by atomic mass is 10.2. The van der Waals surface area contributed by atoms with Crippen molar-refractivity contribution in [3.63, 3.8) is 0 Å². The molecule has 0 heterocycles. The van der Waals surface area contributed by atoms with Gasteiger partial charge in [0.25, 0.3) is 14.3 Å². The van der Waals surface area contributed by atoms with Crippen molar-refractivity contribution in [2.75, 3.05) is 0 Å². The van der Waals surface area contributed by atoms with E-state index in [4.69, 9.17) is 8.85 Å². The maximum Gasteiger partial charge on any atom is 0.295 e. The van der Waals surface area contributed by atoms with Crippen molar-refractivity contribution in [1.29, 1.82) is 0 Å². The van der Waals surface area contributed by atoms with Crippen molar-refractivity contribution in [1.82, 2.24) is 0 Å². The van der Waals surface area contributed by atoms with Crippen LogP contribution in [0, 0.1) is 5.92 Å². The van der Waals surface area contributed by atoms with Gasteiger partial charge in [0, 0.05) is 5.60 Å². The van der Waals surface area contributed by atoms with E-state index in [9.17, 15) is 4.79 Å². The highest BCUT2D eigenvalue weighted by Gasteiger charge is 2.57. The molecule has 142 valence electrons. The number of hydrogen-bond acceptors (Lipinski definition) is 3. The topological polar surface area (TPSA) is 35.5 Å². The minimum Gasteiger partial charge on any atom is -0.518 e. The third kappa shape index (κ3) is 6.64. The van der Waals surface area contributed by atoms with E-state index in [1.807, 2.05) is 27.7 Å². The molecule has 0 saturated heterocycles. The van der Waals surface area contributed by atoms with Crippen molar-refractivity contribution in [2.24, 2.45) is 5.92 Å². The molecule has 0 amide bonds. The summed E-state index contributed by atoms with van der Waals surface area (Å²) in [7, 11) is -1.96. The molecule has 2 radical (unpaired) electrons. The van der Waals surface area contributed by atoms with Crippen LogP contribution in [0.1, 0.15) is 82.6 Å². The van der Waals surface area contributed by atoms with E-state index in [1.54, 1.807) is 0 Å². The van der Waals surface area contributed by atoms with Gasteiger partial charge in [0.1, 0.15) is 0 Å². The van der Waals surface area contributed by atoms with E-state index in [-0.39, 0.29) is 27.6 Å². The van der Waals surface area contributed by atoms with Crippen molar-refractivity contribution < 1.29 is 13.6 Å². The Morgan fingerprint density at radius 3 is 1.79 bits per heavy atom. The Morgan fingerprint density at radius 1 is 1.00 bits per heavy atom. The largest absolute Gasteiger partial charge is 0.518 e. The van der Waals surface area contributed by atoms with E-state index in [0.717, 1.165) is 18.5 Å². The van der Waals surface area contributed by atoms with Gasteiger partial charge in [-0.3, -0.25) is 4.79 Å². The maximum atomic E-state index is 12.8. The highest BCUT2D eigenvalue weighted by atomic mass is 28.4. The van der Waals surface area contributed by atoms with Gasteiger partial charge in [-0.2, -0.15) is 0 Å². The summed E-state index contributed by atoms with van der Waals surface area (Å²) < 4.78 is 12.2. The van der Waals surface area contributed by atoms with Gasteiger partial charge in [0.2, 0.25) is 9.76 Å². The molecule has 5 heteroatoms. The number of carbonyl (C=O) groups excluding carboxylic acids is 1. The number of carbonyl (C=O) groups is 1. The Kier molecular flexibility index (Phi) is 8.45. The van der Waals surface area contributed by atoms with Crippen LogP contribution < -0.4 is 0 Å². The second-order valence-corrected chi connectivity index (χ2v) is 16.2. The van der Waals surface area contributed by atoms with Crippen LogP contribution in [-0.4, -0.2) is 29.7 Å². The monoisotopic (exact) mass is 372 g/mol. The molecule has 0 N–H and O–H groups in total. The van der Waals surface area contributed by atoms with E-state index in [2.05, 4.69) is 48.5 Å². The SMILES string of the molecule is CCC[Si](OC(=O)C(C)C[Si]OC(C)(C)C)(C(C)(C)C)C(C)(C)C. The van der Waals surface area contributed by atoms with Gasteiger partial charge in [0.05, 0.1) is 5.92 Å². The lowest BCUT2D eigenvalue weighted by Crippen LogP contribution is -2.56. The first-order valence-electron chi connectivity index (χ1n) is 9.21. The van der Waals surface area contributed by atoms with Gasteiger partial charge in [0.15, 0.2) is 0 Å². The molecule has 0 rings (SSSR count). The molecular weight excluding hydrogens is 332 g/mol. The Morgan fingerprint density at radius 2 is 1.46 bits per heavy atom. The van der Waals surface area contributed by atoms with Crippen LogP contribution in [0.3, 0.4) is 0 Å². The first kappa shape index (κ1) is 23.9. The summed E-state index contributed by atoms with van der Waals surface area (Å²) in [5, 5.41) is 0.0294. The Hall–Kier alpha value is -0.136. The first-order chi connectivity index (χ1) is 10.6. The molecular formula is C19H40O3Si2. The molecule has 0 saturated carbocycles. The quantitative estimate of drug-likeness (QED) is 0.516. The summed E-state index contributed by atoms with van der Waals surface area (Å²) >= 11 is 0. The fraction of sp³-hybridized carbons (Fsp3) is 0.947. The van der Waals surface area contributed by atoms with Crippen LogP contribution in [0.5, 0.6) is 0 Å². The molecule has 0 aromatic rings. The number of hydrogen-bond donors (Lipinski definition) is 0. The second-order valence-electron chi connectivity index (χ2n) is 9.96. The summed E-state index contributed by atoms with van der Waals surface area (Å²) in [6.45, 7) is 23.7. The summed E-state index contributed by atoms with van der Waals surface area (Å²) in [4.78, 5) is 12.8. The standard InChI is InChI=1S/C19H40O3Si2/c1-12-13-24(18(6,7)8,19(9,10)11)21-16(20)15(2)14-23-22-17(3,4)5/h15H,12-14H2,1-11H3. The third-order valence-electron chi connectivity index (χ3n) is 4.47. The maximum absolute atomic E-state index is 12.8. The molecule has 1 atom stereocenters. The molecule has 0 aliphatic carbocycles. The molecule has 0 spiro atoms. The smallest absolute Gasteiger partial charge is 0.295 e. The normalized spacial score (nSPS) is 15.3. The van der Waals surface area contributed by atoms with Crippen LogP contribution in [0.2, 0.25) is 22.2 Å². The minimum atomic E-state index is -2.29. The van der Waals surface area contributed by atoms with Gasteiger partial charge < -0.3 is 8.85 Å². The number of rotatable bonds is 7. The van der Waals surface area contributed by atoms with E-state index >= 15 is 0 Å². The third-order valence-corrected chi connectivity index (χ3v) is 12.6. The Bertz CT molecular complexity index is 386. The van der Waals surface area contributed by atoms with Crippen LogP contribution in [-0.2, 0) is 13.6 Å². The molecule has 0 aromatic carbocycles. The fourth-order valence-electron chi connectivity index (χ4n) is 3.32. The van der Waals surface area contributed by atoms with Crippen LogP contribution >= 0.6 is 0 Å². The molecule has 1 unspecified atom stereocenters. The van der Waals surface area contributed by atoms with Gasteiger partial charge in [-0.25, -0.2) is 0 Å². The minimum absolute atomic E-state index is 0.0147. The van der Waals surface area contributed by atoms with Crippen molar-refractivity contribution in [2.45, 2.75) is 110 Å². The fourth-order valence-corrected chi connectivity index (χ4v) is 9.97. The Labute approximate surface area is 154 Å². The van der Waals surface area contributed by atoms with Gasteiger partial charge in [-0.1, -0.05) is 61.8 Å². The Balaban J connectivity index is 5.19. The van der Waals surface area contributed by atoms with Gasteiger partial charge in [-0.05, 0) is 42.9 Å². The molecule has 0 fully saturated rings. The molecule has 0 bridgehead atoms. The zero-order valence-corrected chi connectivity index (χ0v) is 19.9. The average Bonchev–Trinajstić information content (AvgIpc) is 2.33. The highest BCUT2D eigenvalue weighted by molar-refractivity contribution is 6.80. The predicted octanol–water partition coefficient (Wildman–Crippen LogP) is 5.97. The molecule has 24 heavy (non-hydrogen) atoms. The predicted molar refractivity (Wildman–Crippen MR) is 107 cm³/mol. The molecule has 0 aliphatic rings. The summed E-state index contributed by atoms with van der Waals surface area (Å²) in [5.41, 5.74) is -0.153. The second kappa shape index (κ2) is 8.50.